The van der Waals surface area contributed by atoms with Gasteiger partial charge in [-0.2, -0.15) is 0 Å². The number of rotatable bonds is 15. The van der Waals surface area contributed by atoms with Crippen molar-refractivity contribution in [2.24, 2.45) is 10.7 Å². The fourth-order valence-electron chi connectivity index (χ4n) is 4.86. The van der Waals surface area contributed by atoms with Crippen LogP contribution < -0.4 is 21.7 Å². The molecule has 250 valence electrons. The average Bonchev–Trinajstić information content (AvgIpc) is 3.28. The van der Waals surface area contributed by atoms with E-state index in [9.17, 15) is 0 Å². The molecule has 2 aliphatic rings. The van der Waals surface area contributed by atoms with Crippen LogP contribution >= 0.6 is 0 Å². The molecule has 0 spiro atoms. The molecular formula is C42H57N5. The van der Waals surface area contributed by atoms with Gasteiger partial charge >= 0.3 is 0 Å². The summed E-state index contributed by atoms with van der Waals surface area (Å²) in [5, 5.41) is 10.4. The third-order valence-corrected chi connectivity index (χ3v) is 7.69. The van der Waals surface area contributed by atoms with Crippen LogP contribution in [-0.4, -0.2) is 11.8 Å². The van der Waals surface area contributed by atoms with E-state index in [1.165, 1.54) is 28.7 Å². The van der Waals surface area contributed by atoms with Gasteiger partial charge in [-0.1, -0.05) is 106 Å². The van der Waals surface area contributed by atoms with Gasteiger partial charge in [-0.3, -0.25) is 4.99 Å². The van der Waals surface area contributed by atoms with E-state index in [0.29, 0.717) is 18.8 Å². The molecule has 1 atom stereocenters. The molecule has 0 amide bonds. The minimum atomic E-state index is 0.0976. The van der Waals surface area contributed by atoms with E-state index in [1.54, 1.807) is 0 Å². The monoisotopic (exact) mass is 631 g/mol. The lowest BCUT2D eigenvalue weighted by atomic mass is 9.95. The van der Waals surface area contributed by atoms with Crippen molar-refractivity contribution in [2.45, 2.75) is 86.9 Å². The van der Waals surface area contributed by atoms with Crippen LogP contribution in [0.2, 0.25) is 0 Å². The normalized spacial score (nSPS) is 15.1. The Labute approximate surface area is 285 Å². The SMILES string of the molecule is C=C(C)N=C(/C=C(\C)C(=C)N[C@H](C)C1=CCC=C(C(=C)C)C=C1)C(=C)NCc1cccc(CNC2=C(N)C(=C)C2)c1.CCC=C(C)C. The van der Waals surface area contributed by atoms with E-state index >= 15 is 0 Å². The molecule has 5 heteroatoms. The maximum Gasteiger partial charge on any atom is 0.0861 e. The van der Waals surface area contributed by atoms with Gasteiger partial charge in [-0.15, -0.1) is 0 Å². The Morgan fingerprint density at radius 1 is 0.979 bits per heavy atom. The molecular weight excluding hydrogens is 574 g/mol. The molecule has 0 saturated heterocycles. The topological polar surface area (TPSA) is 74.5 Å². The van der Waals surface area contributed by atoms with Crippen molar-refractivity contribution in [3.05, 3.63) is 167 Å². The predicted molar refractivity (Wildman–Crippen MR) is 206 cm³/mol. The third kappa shape index (κ3) is 13.2. The molecule has 0 saturated carbocycles. The van der Waals surface area contributed by atoms with Gasteiger partial charge < -0.3 is 21.7 Å². The number of benzene rings is 1. The molecule has 0 fully saturated rings. The maximum atomic E-state index is 5.99. The number of hydrogen-bond acceptors (Lipinski definition) is 5. The summed E-state index contributed by atoms with van der Waals surface area (Å²) >= 11 is 0. The summed E-state index contributed by atoms with van der Waals surface area (Å²) in [5.41, 5.74) is 20.0. The summed E-state index contributed by atoms with van der Waals surface area (Å²) in [7, 11) is 0. The third-order valence-electron chi connectivity index (χ3n) is 7.69. The number of aliphatic imine (C=N–C) groups is 1. The first kappa shape index (κ1) is 38.4. The van der Waals surface area contributed by atoms with E-state index in [0.717, 1.165) is 63.6 Å². The van der Waals surface area contributed by atoms with Gasteiger partial charge in [0.15, 0.2) is 0 Å². The quantitative estimate of drug-likeness (QED) is 0.0883. The van der Waals surface area contributed by atoms with Gasteiger partial charge in [0.1, 0.15) is 0 Å². The number of nitrogens with one attached hydrogen (secondary N) is 3. The van der Waals surface area contributed by atoms with E-state index in [4.69, 9.17) is 5.73 Å². The maximum absolute atomic E-state index is 5.99. The second-order valence-corrected chi connectivity index (χ2v) is 12.5. The van der Waals surface area contributed by atoms with Gasteiger partial charge in [-0.25, -0.2) is 0 Å². The Bertz CT molecular complexity index is 1580. The molecule has 0 aliphatic heterocycles. The van der Waals surface area contributed by atoms with Crippen molar-refractivity contribution < 1.29 is 0 Å². The van der Waals surface area contributed by atoms with Gasteiger partial charge in [0.2, 0.25) is 0 Å². The molecule has 1 aromatic rings. The first-order valence-electron chi connectivity index (χ1n) is 16.4. The first-order valence-corrected chi connectivity index (χ1v) is 16.4. The van der Waals surface area contributed by atoms with Gasteiger partial charge in [0, 0.05) is 42.6 Å². The molecule has 0 aromatic heterocycles. The summed E-state index contributed by atoms with van der Waals surface area (Å²) in [4.78, 5) is 4.66. The Hall–Kier alpha value is -4.77. The lowest BCUT2D eigenvalue weighted by molar-refractivity contribution is 0.711. The zero-order chi connectivity index (χ0) is 35.1. The second kappa shape index (κ2) is 19.0. The molecule has 2 aliphatic carbocycles. The molecule has 0 radical (unpaired) electrons. The van der Waals surface area contributed by atoms with E-state index in [1.807, 2.05) is 26.8 Å². The highest BCUT2D eigenvalue weighted by Crippen LogP contribution is 2.26. The largest absolute Gasteiger partial charge is 0.397 e. The molecule has 1 aromatic carbocycles. The number of nitrogens with two attached hydrogens (primary N) is 1. The van der Waals surface area contributed by atoms with Crippen molar-refractivity contribution in [2.75, 3.05) is 0 Å². The highest BCUT2D eigenvalue weighted by atomic mass is 14.9. The van der Waals surface area contributed by atoms with E-state index in [2.05, 4.69) is 136 Å². The molecule has 5 nitrogen and oxygen atoms in total. The molecule has 0 bridgehead atoms. The van der Waals surface area contributed by atoms with Crippen LogP contribution in [0.5, 0.6) is 0 Å². The number of nitrogens with zero attached hydrogens (tertiary/aromatic N) is 1. The lowest BCUT2D eigenvalue weighted by Gasteiger charge is -2.24. The smallest absolute Gasteiger partial charge is 0.0861 e. The van der Waals surface area contributed by atoms with Crippen LogP contribution in [0.15, 0.2) is 161 Å². The Balaban J connectivity index is 0.00000117. The molecule has 3 rings (SSSR count). The average molecular weight is 632 g/mol. The highest BCUT2D eigenvalue weighted by Gasteiger charge is 2.18. The van der Waals surface area contributed by atoms with E-state index < -0.39 is 0 Å². The molecule has 47 heavy (non-hydrogen) atoms. The fourth-order valence-corrected chi connectivity index (χ4v) is 4.86. The lowest BCUT2D eigenvalue weighted by Crippen LogP contribution is -2.27. The summed E-state index contributed by atoms with van der Waals surface area (Å²) < 4.78 is 0. The van der Waals surface area contributed by atoms with Crippen LogP contribution in [-0.2, 0) is 13.1 Å². The second-order valence-electron chi connectivity index (χ2n) is 12.5. The minimum Gasteiger partial charge on any atom is -0.397 e. The van der Waals surface area contributed by atoms with Crippen molar-refractivity contribution in [1.82, 2.24) is 16.0 Å². The number of allylic oxidation sites excluding steroid dienone is 12. The van der Waals surface area contributed by atoms with E-state index in [-0.39, 0.29) is 6.04 Å². The Morgan fingerprint density at radius 2 is 1.66 bits per heavy atom. The summed E-state index contributed by atoms with van der Waals surface area (Å²) in [6.07, 6.45) is 15.8. The molecule has 0 heterocycles. The van der Waals surface area contributed by atoms with Crippen LogP contribution in [0, 0.1) is 0 Å². The number of hydrogen-bond donors (Lipinski definition) is 4. The van der Waals surface area contributed by atoms with Gasteiger partial charge in [0.05, 0.1) is 17.1 Å². The van der Waals surface area contributed by atoms with Crippen LogP contribution in [0.4, 0.5) is 0 Å². The highest BCUT2D eigenvalue weighted by molar-refractivity contribution is 6.08. The van der Waals surface area contributed by atoms with Gasteiger partial charge in [0.25, 0.3) is 0 Å². The van der Waals surface area contributed by atoms with Crippen LogP contribution in [0.1, 0.15) is 78.9 Å². The Kier molecular flexibility index (Phi) is 15.5. The van der Waals surface area contributed by atoms with Crippen LogP contribution in [0.3, 0.4) is 0 Å². The molecule has 5 N–H and O–H groups in total. The van der Waals surface area contributed by atoms with Crippen molar-refractivity contribution in [1.29, 1.82) is 0 Å². The van der Waals surface area contributed by atoms with Gasteiger partial charge in [-0.05, 0) is 93.9 Å². The zero-order valence-electron chi connectivity index (χ0n) is 29.9. The van der Waals surface area contributed by atoms with Crippen molar-refractivity contribution in [3.8, 4) is 0 Å². The van der Waals surface area contributed by atoms with Crippen LogP contribution in [0.25, 0.3) is 0 Å². The minimum absolute atomic E-state index is 0.0976. The van der Waals surface area contributed by atoms with Crippen molar-refractivity contribution >= 4 is 5.71 Å². The fraction of sp³-hybridized carbons (Fsp3) is 0.310. The zero-order valence-corrected chi connectivity index (χ0v) is 29.9. The Morgan fingerprint density at radius 3 is 2.21 bits per heavy atom. The summed E-state index contributed by atoms with van der Waals surface area (Å²) in [6.45, 7) is 36.3. The predicted octanol–water partition coefficient (Wildman–Crippen LogP) is 9.67. The summed E-state index contributed by atoms with van der Waals surface area (Å²) in [5.74, 6) is 0. The summed E-state index contributed by atoms with van der Waals surface area (Å²) in [6, 6.07) is 8.53. The van der Waals surface area contributed by atoms with Crippen molar-refractivity contribution in [3.63, 3.8) is 0 Å². The standard InChI is InChI=1S/C36H45N5.C6H12/c1-23(2)32-14-11-15-33(17-16-32)28(8)41-27(7)25(5)18-34(40-24(3)4)29(9)38-21-30-12-10-13-31(20-30)22-39-35-19-26(6)36(35)37;1-4-5-6(2)3/h10,12-18,20,28,38-39,41H,1,3,6-7,9,11,19,21-22,37H2,2,4-5,8H3;5H,4H2,1-3H3/b25-18+,40-34?;/t28-;/m1./s1. The first-order chi connectivity index (χ1) is 22.2. The molecule has 0 unspecified atom stereocenters.